The standard InChI is InChI=1S/C22H27N3O/c1-16(17-8-4-3-5-9-17)14-25(2)15-19-18-10-6-12-23-22(18)24-21(19)20-11-7-13-26-20/h3-6,8-10,12,16,20H,7,11,13-15H2,1-2H3,(H,23,24)/t16?,20-/m0/s1. The molecular formula is C22H27N3O. The highest BCUT2D eigenvalue weighted by Crippen LogP contribution is 2.34. The second kappa shape index (κ2) is 7.60. The van der Waals surface area contributed by atoms with Crippen LogP contribution in [0.25, 0.3) is 11.0 Å². The largest absolute Gasteiger partial charge is 0.372 e. The van der Waals surface area contributed by atoms with Crippen molar-refractivity contribution in [1.29, 1.82) is 0 Å². The Hall–Kier alpha value is -2.17. The van der Waals surface area contributed by atoms with Crippen LogP contribution in [-0.2, 0) is 11.3 Å². The van der Waals surface area contributed by atoms with Crippen molar-refractivity contribution in [1.82, 2.24) is 14.9 Å². The molecule has 0 saturated carbocycles. The Morgan fingerprint density at radius 3 is 2.85 bits per heavy atom. The lowest BCUT2D eigenvalue weighted by atomic mass is 10.0. The number of benzene rings is 1. The van der Waals surface area contributed by atoms with Gasteiger partial charge in [-0.25, -0.2) is 4.98 Å². The van der Waals surface area contributed by atoms with Crippen molar-refractivity contribution in [3.05, 3.63) is 65.5 Å². The molecule has 0 amide bonds. The van der Waals surface area contributed by atoms with Crippen LogP contribution in [0.2, 0.25) is 0 Å². The van der Waals surface area contributed by atoms with E-state index in [1.54, 1.807) is 0 Å². The van der Waals surface area contributed by atoms with E-state index in [-0.39, 0.29) is 6.10 Å². The van der Waals surface area contributed by atoms with Crippen LogP contribution < -0.4 is 0 Å². The van der Waals surface area contributed by atoms with Gasteiger partial charge in [0, 0.05) is 31.3 Å². The molecule has 1 N–H and O–H groups in total. The van der Waals surface area contributed by atoms with Gasteiger partial charge in [0.05, 0.1) is 11.8 Å². The monoisotopic (exact) mass is 349 g/mol. The minimum atomic E-state index is 0.180. The molecule has 1 fully saturated rings. The second-order valence-corrected chi connectivity index (χ2v) is 7.43. The van der Waals surface area contributed by atoms with Gasteiger partial charge in [-0.1, -0.05) is 37.3 Å². The van der Waals surface area contributed by atoms with Gasteiger partial charge in [-0.05, 0) is 49.1 Å². The van der Waals surface area contributed by atoms with Crippen molar-refractivity contribution in [2.45, 2.75) is 38.3 Å². The Morgan fingerprint density at radius 1 is 1.23 bits per heavy atom. The molecule has 3 heterocycles. The van der Waals surface area contributed by atoms with Crippen LogP contribution >= 0.6 is 0 Å². The molecule has 0 radical (unpaired) electrons. The number of nitrogens with one attached hydrogen (secondary N) is 1. The molecule has 0 bridgehead atoms. The van der Waals surface area contributed by atoms with Gasteiger partial charge in [0.15, 0.2) is 0 Å². The lowest BCUT2D eigenvalue weighted by molar-refractivity contribution is 0.108. The van der Waals surface area contributed by atoms with Gasteiger partial charge in [0.1, 0.15) is 5.65 Å². The van der Waals surface area contributed by atoms with Crippen molar-refractivity contribution in [2.75, 3.05) is 20.2 Å². The Balaban J connectivity index is 1.56. The fraction of sp³-hybridized carbons (Fsp3) is 0.409. The number of hydrogen-bond donors (Lipinski definition) is 1. The zero-order chi connectivity index (χ0) is 17.9. The molecule has 136 valence electrons. The lowest BCUT2D eigenvalue weighted by Gasteiger charge is -2.23. The average molecular weight is 349 g/mol. The predicted molar refractivity (Wildman–Crippen MR) is 105 cm³/mol. The van der Waals surface area contributed by atoms with Crippen LogP contribution in [0.4, 0.5) is 0 Å². The van der Waals surface area contributed by atoms with Crippen LogP contribution in [-0.4, -0.2) is 35.1 Å². The molecule has 1 aliphatic rings. The van der Waals surface area contributed by atoms with Crippen molar-refractivity contribution in [2.24, 2.45) is 0 Å². The number of rotatable bonds is 6. The number of likely N-dealkylation sites (N-methyl/N-ethyl adjacent to an activating group) is 1. The molecule has 0 spiro atoms. The van der Waals surface area contributed by atoms with E-state index in [1.807, 2.05) is 12.3 Å². The highest BCUT2D eigenvalue weighted by atomic mass is 16.5. The summed E-state index contributed by atoms with van der Waals surface area (Å²) in [5, 5.41) is 1.22. The summed E-state index contributed by atoms with van der Waals surface area (Å²) in [7, 11) is 2.20. The van der Waals surface area contributed by atoms with Gasteiger partial charge < -0.3 is 14.6 Å². The summed E-state index contributed by atoms with van der Waals surface area (Å²) in [6, 6.07) is 14.9. The highest BCUT2D eigenvalue weighted by molar-refractivity contribution is 5.81. The summed E-state index contributed by atoms with van der Waals surface area (Å²) in [5.41, 5.74) is 4.91. The number of hydrogen-bond acceptors (Lipinski definition) is 3. The first-order valence-electron chi connectivity index (χ1n) is 9.53. The first-order chi connectivity index (χ1) is 12.7. The van der Waals surface area contributed by atoms with Crippen LogP contribution in [0.5, 0.6) is 0 Å². The molecular weight excluding hydrogens is 322 g/mol. The number of aromatic amines is 1. The average Bonchev–Trinajstić information content (AvgIpc) is 3.31. The van der Waals surface area contributed by atoms with Crippen molar-refractivity contribution < 1.29 is 4.74 Å². The van der Waals surface area contributed by atoms with E-state index in [0.717, 1.165) is 38.2 Å². The molecule has 0 aliphatic carbocycles. The van der Waals surface area contributed by atoms with Crippen molar-refractivity contribution >= 4 is 11.0 Å². The van der Waals surface area contributed by atoms with E-state index >= 15 is 0 Å². The maximum Gasteiger partial charge on any atom is 0.137 e. The molecule has 3 aromatic rings. The molecule has 2 aromatic heterocycles. The van der Waals surface area contributed by atoms with Gasteiger partial charge >= 0.3 is 0 Å². The molecule has 4 heteroatoms. The maximum atomic E-state index is 5.96. The first-order valence-corrected chi connectivity index (χ1v) is 9.53. The van der Waals surface area contributed by atoms with Crippen molar-refractivity contribution in [3.8, 4) is 0 Å². The molecule has 1 aliphatic heterocycles. The van der Waals surface area contributed by atoms with E-state index in [0.29, 0.717) is 5.92 Å². The number of pyridine rings is 1. The first kappa shape index (κ1) is 17.3. The Bertz CT molecular complexity index is 852. The van der Waals surface area contributed by atoms with Gasteiger partial charge in [-0.15, -0.1) is 0 Å². The summed E-state index contributed by atoms with van der Waals surface area (Å²) < 4.78 is 5.96. The van der Waals surface area contributed by atoms with Crippen LogP contribution in [0, 0.1) is 0 Å². The molecule has 4 nitrogen and oxygen atoms in total. The van der Waals surface area contributed by atoms with E-state index in [2.05, 4.69) is 65.2 Å². The van der Waals surface area contributed by atoms with Gasteiger partial charge in [-0.2, -0.15) is 0 Å². The third-order valence-electron chi connectivity index (χ3n) is 5.34. The van der Waals surface area contributed by atoms with Gasteiger partial charge in [0.25, 0.3) is 0 Å². The summed E-state index contributed by atoms with van der Waals surface area (Å²) in [4.78, 5) is 10.5. The lowest BCUT2D eigenvalue weighted by Crippen LogP contribution is -2.23. The smallest absolute Gasteiger partial charge is 0.137 e. The third kappa shape index (κ3) is 3.53. The zero-order valence-electron chi connectivity index (χ0n) is 15.6. The quantitative estimate of drug-likeness (QED) is 0.704. The molecule has 1 saturated heterocycles. The number of H-pyrrole nitrogens is 1. The summed E-state index contributed by atoms with van der Waals surface area (Å²) >= 11 is 0. The fourth-order valence-corrected chi connectivity index (χ4v) is 4.04. The van der Waals surface area contributed by atoms with Crippen molar-refractivity contribution in [3.63, 3.8) is 0 Å². The fourth-order valence-electron chi connectivity index (χ4n) is 4.04. The molecule has 2 atom stereocenters. The molecule has 4 rings (SSSR count). The van der Waals surface area contributed by atoms with E-state index in [9.17, 15) is 0 Å². The normalized spacial score (nSPS) is 18.7. The minimum Gasteiger partial charge on any atom is -0.372 e. The predicted octanol–water partition coefficient (Wildman–Crippen LogP) is 4.65. The Kier molecular flexibility index (Phi) is 5.05. The molecule has 26 heavy (non-hydrogen) atoms. The minimum absolute atomic E-state index is 0.180. The number of ether oxygens (including phenoxy) is 1. The number of aromatic nitrogens is 2. The molecule has 1 aromatic carbocycles. The SMILES string of the molecule is CC(CN(C)Cc1c([C@@H]2CCCO2)[nH]c2ncccc12)c1ccccc1. The Labute approximate surface area is 155 Å². The van der Waals surface area contributed by atoms with E-state index < -0.39 is 0 Å². The topological polar surface area (TPSA) is 41.1 Å². The number of nitrogens with zero attached hydrogens (tertiary/aromatic N) is 2. The maximum absolute atomic E-state index is 5.96. The van der Waals surface area contributed by atoms with E-state index in [4.69, 9.17) is 4.74 Å². The zero-order valence-corrected chi connectivity index (χ0v) is 15.6. The number of fused-ring (bicyclic) bond motifs is 1. The Morgan fingerprint density at radius 2 is 2.08 bits per heavy atom. The van der Waals surface area contributed by atoms with Gasteiger partial charge in [0.2, 0.25) is 0 Å². The molecule has 1 unspecified atom stereocenters. The summed E-state index contributed by atoms with van der Waals surface area (Å²) in [5.74, 6) is 0.496. The van der Waals surface area contributed by atoms with Gasteiger partial charge in [-0.3, -0.25) is 0 Å². The summed E-state index contributed by atoms with van der Waals surface area (Å²) in [6.07, 6.45) is 4.25. The highest BCUT2D eigenvalue weighted by Gasteiger charge is 2.25. The van der Waals surface area contributed by atoms with Crippen LogP contribution in [0.15, 0.2) is 48.7 Å². The third-order valence-corrected chi connectivity index (χ3v) is 5.34. The van der Waals surface area contributed by atoms with E-state index in [1.165, 1.54) is 22.2 Å². The second-order valence-electron chi connectivity index (χ2n) is 7.43. The summed E-state index contributed by atoms with van der Waals surface area (Å²) in [6.45, 7) is 5.07. The van der Waals surface area contributed by atoms with Crippen LogP contribution in [0.3, 0.4) is 0 Å². The van der Waals surface area contributed by atoms with Crippen LogP contribution in [0.1, 0.15) is 48.6 Å².